The van der Waals surface area contributed by atoms with E-state index in [-0.39, 0.29) is 6.61 Å². The van der Waals surface area contributed by atoms with E-state index >= 15 is 0 Å². The fourth-order valence-electron chi connectivity index (χ4n) is 1.89. The van der Waals surface area contributed by atoms with Crippen molar-refractivity contribution in [2.24, 2.45) is 5.73 Å². The van der Waals surface area contributed by atoms with E-state index in [1.54, 1.807) is 0 Å². The van der Waals surface area contributed by atoms with Crippen molar-refractivity contribution in [1.82, 2.24) is 15.1 Å². The zero-order chi connectivity index (χ0) is 10.6. The number of likely N-dealkylation sites (N-methyl/N-ethyl adjacent to an activating group) is 1. The van der Waals surface area contributed by atoms with E-state index in [0.29, 0.717) is 18.8 Å². The summed E-state index contributed by atoms with van der Waals surface area (Å²) in [6, 6.07) is 0.324. The quantitative estimate of drug-likeness (QED) is 0.332. The summed E-state index contributed by atoms with van der Waals surface area (Å²) in [4.78, 5) is 4.42. The second-order valence-corrected chi connectivity index (χ2v) is 3.90. The molecule has 0 aliphatic carbocycles. The van der Waals surface area contributed by atoms with Gasteiger partial charge in [0.15, 0.2) is 0 Å². The summed E-state index contributed by atoms with van der Waals surface area (Å²) in [7, 11) is 4.08. The third kappa shape index (κ3) is 2.90. The molecule has 0 aromatic rings. The number of nitrogens with two attached hydrogens (primary N) is 1. The number of hydrogen-bond acceptors (Lipinski definition) is 5. The first-order chi connectivity index (χ1) is 6.72. The monoisotopic (exact) mass is 202 g/mol. The Labute approximate surface area is 85.9 Å². The second-order valence-electron chi connectivity index (χ2n) is 3.90. The van der Waals surface area contributed by atoms with Crippen LogP contribution in [-0.2, 0) is 0 Å². The average molecular weight is 202 g/mol. The van der Waals surface area contributed by atoms with E-state index in [0.717, 1.165) is 19.6 Å². The van der Waals surface area contributed by atoms with Gasteiger partial charge in [0, 0.05) is 26.2 Å². The SMILES string of the molecule is CN(C)C1C(CO)N1CCNCCN. The minimum atomic E-state index is 0.250. The first kappa shape index (κ1) is 11.9. The Hall–Kier alpha value is -0.200. The van der Waals surface area contributed by atoms with Crippen molar-refractivity contribution in [2.75, 3.05) is 46.9 Å². The van der Waals surface area contributed by atoms with Crippen LogP contribution in [0.2, 0.25) is 0 Å². The third-order valence-corrected chi connectivity index (χ3v) is 2.60. The van der Waals surface area contributed by atoms with Gasteiger partial charge in [0.05, 0.1) is 18.8 Å². The summed E-state index contributed by atoms with van der Waals surface area (Å²) in [5.41, 5.74) is 5.37. The van der Waals surface area contributed by atoms with Crippen molar-refractivity contribution in [3.8, 4) is 0 Å². The molecule has 1 aliphatic rings. The van der Waals surface area contributed by atoms with Crippen LogP contribution in [-0.4, -0.2) is 74.0 Å². The lowest BCUT2D eigenvalue weighted by Gasteiger charge is -2.09. The molecule has 1 rings (SSSR count). The third-order valence-electron chi connectivity index (χ3n) is 2.60. The average Bonchev–Trinajstić information content (AvgIpc) is 2.86. The van der Waals surface area contributed by atoms with Crippen LogP contribution in [0.15, 0.2) is 0 Å². The first-order valence-electron chi connectivity index (χ1n) is 5.16. The van der Waals surface area contributed by atoms with E-state index in [1.165, 1.54) is 0 Å². The molecule has 0 aromatic heterocycles. The Morgan fingerprint density at radius 1 is 1.43 bits per heavy atom. The predicted molar refractivity (Wildman–Crippen MR) is 57.0 cm³/mol. The minimum absolute atomic E-state index is 0.250. The van der Waals surface area contributed by atoms with Crippen LogP contribution >= 0.6 is 0 Å². The Bertz CT molecular complexity index is 165. The molecule has 0 amide bonds. The topological polar surface area (TPSA) is 64.5 Å². The molecule has 0 spiro atoms. The molecule has 1 heterocycles. The van der Waals surface area contributed by atoms with Crippen LogP contribution in [0.4, 0.5) is 0 Å². The standard InChI is InChI=1S/C9H22N4O/c1-12(2)9-8(7-14)13(9)6-5-11-4-3-10/h8-9,11,14H,3-7,10H2,1-2H3. The number of rotatable bonds is 7. The zero-order valence-corrected chi connectivity index (χ0v) is 9.11. The van der Waals surface area contributed by atoms with Gasteiger partial charge in [-0.3, -0.25) is 9.80 Å². The molecule has 1 aliphatic heterocycles. The molecule has 3 unspecified atom stereocenters. The van der Waals surface area contributed by atoms with Gasteiger partial charge in [0.2, 0.25) is 0 Å². The second kappa shape index (κ2) is 5.63. The number of aliphatic hydroxyl groups excluding tert-OH is 1. The predicted octanol–water partition coefficient (Wildman–Crippen LogP) is -1.90. The van der Waals surface area contributed by atoms with Gasteiger partial charge in [-0.2, -0.15) is 0 Å². The molecule has 5 nitrogen and oxygen atoms in total. The molecule has 14 heavy (non-hydrogen) atoms. The molecule has 0 aromatic carbocycles. The molecule has 1 fully saturated rings. The summed E-state index contributed by atoms with van der Waals surface area (Å²) in [6.45, 7) is 3.72. The van der Waals surface area contributed by atoms with Crippen LogP contribution in [0, 0.1) is 0 Å². The summed E-state index contributed by atoms with van der Waals surface area (Å²) < 4.78 is 0. The van der Waals surface area contributed by atoms with Crippen LogP contribution in [0.25, 0.3) is 0 Å². The van der Waals surface area contributed by atoms with Gasteiger partial charge in [-0.15, -0.1) is 0 Å². The highest BCUT2D eigenvalue weighted by Gasteiger charge is 2.47. The van der Waals surface area contributed by atoms with Gasteiger partial charge in [0.25, 0.3) is 0 Å². The number of nitrogens with zero attached hydrogens (tertiary/aromatic N) is 2. The maximum Gasteiger partial charge on any atom is 0.0805 e. The van der Waals surface area contributed by atoms with Gasteiger partial charge in [-0.1, -0.05) is 0 Å². The van der Waals surface area contributed by atoms with Crippen molar-refractivity contribution >= 4 is 0 Å². The van der Waals surface area contributed by atoms with Crippen molar-refractivity contribution in [2.45, 2.75) is 12.2 Å². The van der Waals surface area contributed by atoms with E-state index in [4.69, 9.17) is 10.8 Å². The molecule has 1 saturated heterocycles. The summed E-state index contributed by atoms with van der Waals surface area (Å²) in [5.74, 6) is 0. The van der Waals surface area contributed by atoms with Crippen LogP contribution in [0.5, 0.6) is 0 Å². The van der Waals surface area contributed by atoms with Crippen LogP contribution in [0.3, 0.4) is 0 Å². The van der Waals surface area contributed by atoms with E-state index < -0.39 is 0 Å². The van der Waals surface area contributed by atoms with Gasteiger partial charge >= 0.3 is 0 Å². The lowest BCUT2D eigenvalue weighted by atomic mass is 10.4. The van der Waals surface area contributed by atoms with Crippen LogP contribution in [0.1, 0.15) is 0 Å². The Morgan fingerprint density at radius 3 is 2.57 bits per heavy atom. The van der Waals surface area contributed by atoms with Crippen molar-refractivity contribution < 1.29 is 5.11 Å². The van der Waals surface area contributed by atoms with Gasteiger partial charge < -0.3 is 16.2 Å². The number of nitrogens with one attached hydrogen (secondary N) is 1. The summed E-state index contributed by atoms with van der Waals surface area (Å²) >= 11 is 0. The van der Waals surface area contributed by atoms with E-state index in [9.17, 15) is 0 Å². The molecular formula is C9H22N4O. The maximum absolute atomic E-state index is 9.09. The number of aliphatic hydroxyl groups is 1. The van der Waals surface area contributed by atoms with Gasteiger partial charge in [0.1, 0.15) is 0 Å². The highest BCUT2D eigenvalue weighted by Crippen LogP contribution is 2.28. The Kier molecular flexibility index (Phi) is 4.77. The number of hydrogen-bond donors (Lipinski definition) is 3. The van der Waals surface area contributed by atoms with Gasteiger partial charge in [-0.25, -0.2) is 0 Å². The normalized spacial score (nSPS) is 31.1. The van der Waals surface area contributed by atoms with Crippen molar-refractivity contribution in [1.29, 1.82) is 0 Å². The van der Waals surface area contributed by atoms with Crippen LogP contribution < -0.4 is 11.1 Å². The minimum Gasteiger partial charge on any atom is -0.395 e. The molecule has 5 heteroatoms. The van der Waals surface area contributed by atoms with E-state index in [2.05, 4.69) is 15.1 Å². The molecule has 4 N–H and O–H groups in total. The fraction of sp³-hybridized carbons (Fsp3) is 1.00. The van der Waals surface area contributed by atoms with Crippen molar-refractivity contribution in [3.05, 3.63) is 0 Å². The highest BCUT2D eigenvalue weighted by atomic mass is 16.3. The fourth-order valence-corrected chi connectivity index (χ4v) is 1.89. The molecular weight excluding hydrogens is 180 g/mol. The lowest BCUT2D eigenvalue weighted by molar-refractivity contribution is 0.272. The molecule has 0 saturated carbocycles. The van der Waals surface area contributed by atoms with E-state index in [1.807, 2.05) is 14.1 Å². The highest BCUT2D eigenvalue weighted by molar-refractivity contribution is 4.99. The maximum atomic E-state index is 9.09. The summed E-state index contributed by atoms with van der Waals surface area (Å²) in [6.07, 6.45) is 0.416. The summed E-state index contributed by atoms with van der Waals surface area (Å²) in [5, 5.41) is 12.3. The van der Waals surface area contributed by atoms with Gasteiger partial charge in [-0.05, 0) is 14.1 Å². The first-order valence-corrected chi connectivity index (χ1v) is 5.16. The Balaban J connectivity index is 2.13. The molecule has 0 bridgehead atoms. The molecule has 3 atom stereocenters. The van der Waals surface area contributed by atoms with Crippen molar-refractivity contribution in [3.63, 3.8) is 0 Å². The smallest absolute Gasteiger partial charge is 0.0805 e. The zero-order valence-electron chi connectivity index (χ0n) is 9.11. The lowest BCUT2D eigenvalue weighted by Crippen LogP contribution is -2.29. The molecule has 0 radical (unpaired) electrons. The largest absolute Gasteiger partial charge is 0.395 e. The molecule has 84 valence electrons. The Morgan fingerprint density at radius 2 is 2.14 bits per heavy atom.